The van der Waals surface area contributed by atoms with Crippen LogP contribution in [0.2, 0.25) is 0 Å². The highest BCUT2D eigenvalue weighted by molar-refractivity contribution is 6.12. The van der Waals surface area contributed by atoms with E-state index in [1.165, 1.54) is 4.57 Å². The molecule has 0 saturated carbocycles. The standard InChI is InChI=1S/C61H57N5O/c1-39-17-15-24-54-58(39)64(45-32-41(60(5,6)7)31-42(33-45)61(8,9)10)38-63(54)43-18-16-19-46(35-43)67-47-26-28-51-50-27-25-44(65-52-22-13-11-20-48(52)49-21-12-14-23-53(49)65)36-55(50)66(56(51)37-47)57-34-40(29-30-62-57)59(2,3)4/h11-37H,1-10H3/q+2/i1D3,11D,12D,13D,14D,20D,21D,22D,23D. The highest BCUT2D eigenvalue weighted by Gasteiger charge is 2.39. The molecule has 6 nitrogen and oxygen atoms in total. The molecular formula is C61H57N5O+2. The van der Waals surface area contributed by atoms with E-state index in [1.54, 1.807) is 24.4 Å². The maximum atomic E-state index is 9.16. The molecule has 0 bridgehead atoms. The van der Waals surface area contributed by atoms with Gasteiger partial charge in [0.15, 0.2) is 0 Å². The van der Waals surface area contributed by atoms with Crippen LogP contribution in [0, 0.1) is 6.85 Å². The Morgan fingerprint density at radius 1 is 0.537 bits per heavy atom. The first kappa shape index (κ1) is 31.4. The van der Waals surface area contributed by atoms with Crippen LogP contribution in [0.1, 0.15) is 99.6 Å². The van der Waals surface area contributed by atoms with Gasteiger partial charge in [-0.1, -0.05) is 129 Å². The third-order valence-electron chi connectivity index (χ3n) is 12.8. The summed E-state index contributed by atoms with van der Waals surface area (Å²) in [6, 6.07) is 34.7. The summed E-state index contributed by atoms with van der Waals surface area (Å²) in [5.74, 6) is 1.59. The van der Waals surface area contributed by atoms with E-state index in [4.69, 9.17) is 24.8 Å². The van der Waals surface area contributed by atoms with Crippen LogP contribution in [0.5, 0.6) is 11.5 Å². The van der Waals surface area contributed by atoms with Crippen LogP contribution >= 0.6 is 0 Å². The summed E-state index contributed by atoms with van der Waals surface area (Å²) in [5, 5.41) is 1.66. The number of aromatic nitrogens is 3. The first-order valence-corrected chi connectivity index (χ1v) is 22.5. The zero-order valence-corrected chi connectivity index (χ0v) is 39.1. The van der Waals surface area contributed by atoms with E-state index in [0.29, 0.717) is 45.6 Å². The monoisotopic (exact) mass is 887 g/mol. The average molecular weight is 887 g/mol. The van der Waals surface area contributed by atoms with Crippen LogP contribution in [-0.4, -0.2) is 20.1 Å². The zero-order valence-electron chi connectivity index (χ0n) is 50.1. The Kier molecular flexibility index (Phi) is 7.15. The maximum Gasteiger partial charge on any atom is 0.503 e. The van der Waals surface area contributed by atoms with Crippen molar-refractivity contribution in [3.05, 3.63) is 186 Å². The van der Waals surface area contributed by atoms with Crippen molar-refractivity contribution in [2.45, 2.75) is 85.4 Å². The van der Waals surface area contributed by atoms with Crippen LogP contribution in [0.4, 0.5) is 22.7 Å². The molecule has 0 saturated heterocycles. The van der Waals surface area contributed by atoms with Crippen molar-refractivity contribution in [3.63, 3.8) is 0 Å². The Labute approximate surface area is 408 Å². The summed E-state index contributed by atoms with van der Waals surface area (Å²) in [5.41, 5.74) is 7.32. The number of para-hydroxylation sites is 3. The van der Waals surface area contributed by atoms with E-state index >= 15 is 0 Å². The smallest absolute Gasteiger partial charge is 0.457 e. The minimum Gasteiger partial charge on any atom is -0.457 e. The van der Waals surface area contributed by atoms with Crippen molar-refractivity contribution in [3.8, 4) is 23.0 Å². The van der Waals surface area contributed by atoms with Gasteiger partial charge in [0.05, 0.1) is 39.1 Å². The number of rotatable bonds is 6. The molecule has 1 aliphatic rings. The number of nitrogens with zero attached hydrogens (tertiary/aromatic N) is 5. The predicted molar refractivity (Wildman–Crippen MR) is 281 cm³/mol. The number of ether oxygens (including phenoxy) is 1. The van der Waals surface area contributed by atoms with Gasteiger partial charge >= 0.3 is 11.7 Å². The minimum atomic E-state index is -2.42. The Morgan fingerprint density at radius 3 is 1.84 bits per heavy atom. The Bertz CT molecular complexity index is 4200. The van der Waals surface area contributed by atoms with E-state index in [9.17, 15) is 0 Å². The second-order valence-electron chi connectivity index (χ2n) is 20.5. The van der Waals surface area contributed by atoms with Crippen molar-refractivity contribution in [2.24, 2.45) is 0 Å². The van der Waals surface area contributed by atoms with Gasteiger partial charge in [0, 0.05) is 73.4 Å². The van der Waals surface area contributed by atoms with Gasteiger partial charge in [-0.2, -0.15) is 0 Å². The lowest BCUT2D eigenvalue weighted by atomic mass is 9.80. The lowest BCUT2D eigenvalue weighted by Gasteiger charge is -2.24. The van der Waals surface area contributed by atoms with E-state index < -0.39 is 43.1 Å². The topological polar surface area (TPSA) is 38.0 Å². The van der Waals surface area contributed by atoms with Crippen LogP contribution < -0.4 is 13.9 Å². The maximum absolute atomic E-state index is 9.16. The molecule has 6 heteroatoms. The fourth-order valence-electron chi connectivity index (χ4n) is 9.09. The summed E-state index contributed by atoms with van der Waals surface area (Å²) in [6.45, 7) is 17.0. The van der Waals surface area contributed by atoms with Crippen LogP contribution in [0.25, 0.3) is 55.1 Å². The zero-order chi connectivity index (χ0) is 56.0. The third-order valence-corrected chi connectivity index (χ3v) is 12.8. The number of aryl methyl sites for hydroxylation is 1. The molecule has 11 rings (SSSR count). The second-order valence-corrected chi connectivity index (χ2v) is 20.5. The number of hydrogen-bond donors (Lipinski definition) is 0. The molecule has 330 valence electrons. The number of benzene rings is 7. The lowest BCUT2D eigenvalue weighted by molar-refractivity contribution is 0.483. The largest absolute Gasteiger partial charge is 0.503 e. The molecule has 0 N–H and O–H groups in total. The van der Waals surface area contributed by atoms with Crippen LogP contribution in [0.15, 0.2) is 164 Å². The number of pyridine rings is 1. The van der Waals surface area contributed by atoms with Crippen molar-refractivity contribution in [1.82, 2.24) is 23.3 Å². The van der Waals surface area contributed by atoms with E-state index in [1.807, 2.05) is 86.5 Å². The van der Waals surface area contributed by atoms with Crippen molar-refractivity contribution in [2.75, 3.05) is 0 Å². The molecule has 0 amide bonds. The summed E-state index contributed by atoms with van der Waals surface area (Å²) in [6.07, 6.45) is 1.76. The summed E-state index contributed by atoms with van der Waals surface area (Å²) in [4.78, 5) is 4.92. The fraction of sp³-hybridized carbons (Fsp3) is 0.213. The lowest BCUT2D eigenvalue weighted by Crippen LogP contribution is -2.17. The molecular weight excluding hydrogens is 819 g/mol. The summed E-state index contributed by atoms with van der Waals surface area (Å²) >= 11 is 0. The minimum absolute atomic E-state index is 0.00276. The van der Waals surface area contributed by atoms with Gasteiger partial charge < -0.3 is 9.30 Å². The molecule has 0 unspecified atom stereocenters. The van der Waals surface area contributed by atoms with Gasteiger partial charge in [0.25, 0.3) is 5.69 Å². The van der Waals surface area contributed by atoms with Crippen molar-refractivity contribution < 1.29 is 19.8 Å². The molecule has 0 atom stereocenters. The van der Waals surface area contributed by atoms with Gasteiger partial charge in [-0.3, -0.25) is 4.57 Å². The third kappa shape index (κ3) is 7.24. The first-order valence-electron chi connectivity index (χ1n) is 28.0. The molecule has 67 heavy (non-hydrogen) atoms. The molecule has 10 aromatic rings. The number of hydrogen-bond acceptors (Lipinski definition) is 2. The second kappa shape index (κ2) is 15.3. The summed E-state index contributed by atoms with van der Waals surface area (Å²) < 4.78 is 111. The van der Waals surface area contributed by atoms with Crippen molar-refractivity contribution in [1.29, 1.82) is 0 Å². The molecule has 1 aliphatic heterocycles. The Balaban J connectivity index is 1.10. The Hall–Kier alpha value is -7.53. The van der Waals surface area contributed by atoms with E-state index in [0.717, 1.165) is 38.7 Å². The van der Waals surface area contributed by atoms with Crippen LogP contribution in [0.3, 0.4) is 0 Å². The average Bonchev–Trinajstić information content (AvgIpc) is 4.29. The van der Waals surface area contributed by atoms with E-state index in [2.05, 4.69) is 86.5 Å². The molecule has 0 aliphatic carbocycles. The molecule has 3 aromatic heterocycles. The highest BCUT2D eigenvalue weighted by Crippen LogP contribution is 2.43. The highest BCUT2D eigenvalue weighted by atomic mass is 16.5. The molecule has 0 spiro atoms. The SMILES string of the molecule is [2H]c1c([2H])c([2H])c2c(c1[2H])c1c([2H])c([2H])c([2H])c([2H])c1n2-c1ccc2c3ccc(Oc4cccc([N+]5=C=[N+](c6cc(C(C)(C)C)cc(C(C)(C)C)c6)c6c5cccc6C([2H])([2H])[2H])c4)cc3n(-c3cc(C(C)(C)C)ccn3)c2c1. The van der Waals surface area contributed by atoms with Gasteiger partial charge in [-0.25, -0.2) is 4.98 Å². The molecule has 0 fully saturated rings. The number of fused-ring (bicyclic) bond motifs is 7. The van der Waals surface area contributed by atoms with Gasteiger partial charge in [-0.05, 0) is 103 Å². The quantitative estimate of drug-likeness (QED) is 0.156. The molecule has 4 heterocycles. The first-order chi connectivity index (χ1) is 36.5. The Morgan fingerprint density at radius 2 is 1.16 bits per heavy atom. The molecule has 7 aromatic carbocycles. The van der Waals surface area contributed by atoms with Gasteiger partial charge in [-0.15, -0.1) is 0 Å². The van der Waals surface area contributed by atoms with Gasteiger partial charge in [0.1, 0.15) is 17.3 Å². The molecule has 0 radical (unpaired) electrons. The van der Waals surface area contributed by atoms with Gasteiger partial charge in [0.2, 0.25) is 11.4 Å². The van der Waals surface area contributed by atoms with Crippen molar-refractivity contribution >= 4 is 72.4 Å². The van der Waals surface area contributed by atoms with Crippen LogP contribution in [-0.2, 0) is 16.2 Å². The fourth-order valence-corrected chi connectivity index (χ4v) is 9.09. The predicted octanol–water partition coefficient (Wildman–Crippen LogP) is 16.1. The summed E-state index contributed by atoms with van der Waals surface area (Å²) in [7, 11) is 0. The van der Waals surface area contributed by atoms with E-state index in [-0.39, 0.29) is 55.7 Å². The normalized spacial score (nSPS) is 15.7.